The predicted octanol–water partition coefficient (Wildman–Crippen LogP) is 5.22. The Morgan fingerprint density at radius 2 is 1.65 bits per heavy atom. The second-order valence-electron chi connectivity index (χ2n) is 4.83. The number of rotatable bonds is 2. The Balaban J connectivity index is 2.11. The highest BCUT2D eigenvalue weighted by molar-refractivity contribution is 6.21. The fourth-order valence-electron chi connectivity index (χ4n) is 2.56. The Hall–Kier alpha value is -0.630. The van der Waals surface area contributed by atoms with Crippen molar-refractivity contribution in [3.63, 3.8) is 0 Å². The summed E-state index contributed by atoms with van der Waals surface area (Å²) in [5.41, 5.74) is 0.706. The second-order valence-corrected chi connectivity index (χ2v) is 5.30. The van der Waals surface area contributed by atoms with Crippen molar-refractivity contribution in [3.05, 3.63) is 35.4 Å². The van der Waals surface area contributed by atoms with Gasteiger partial charge in [-0.15, -0.1) is 11.6 Å². The molecule has 0 bridgehead atoms. The molecule has 0 N–H and O–H groups in total. The van der Waals surface area contributed by atoms with E-state index in [9.17, 15) is 8.78 Å². The van der Waals surface area contributed by atoms with Gasteiger partial charge in [-0.1, -0.05) is 31.7 Å². The molecule has 0 aromatic heterocycles. The summed E-state index contributed by atoms with van der Waals surface area (Å²) in [6.07, 6.45) is 7.09. The molecule has 0 aliphatic heterocycles. The van der Waals surface area contributed by atoms with Crippen molar-refractivity contribution in [2.75, 3.05) is 0 Å². The van der Waals surface area contributed by atoms with Crippen LogP contribution in [0.3, 0.4) is 0 Å². The predicted molar refractivity (Wildman–Crippen MR) is 66.1 cm³/mol. The minimum atomic E-state index is -0.807. The Kier molecular flexibility index (Phi) is 4.38. The number of hydrogen-bond acceptors (Lipinski definition) is 0. The molecule has 0 saturated heterocycles. The van der Waals surface area contributed by atoms with Crippen LogP contribution >= 0.6 is 11.6 Å². The molecule has 3 heteroatoms. The van der Waals surface area contributed by atoms with Crippen molar-refractivity contribution >= 4 is 11.6 Å². The highest BCUT2D eigenvalue weighted by Crippen LogP contribution is 2.38. The number of benzene rings is 1. The number of alkyl halides is 1. The summed E-state index contributed by atoms with van der Waals surface area (Å²) >= 11 is 6.39. The first-order valence-electron chi connectivity index (χ1n) is 6.27. The summed E-state index contributed by atoms with van der Waals surface area (Å²) in [4.78, 5) is 0. The summed E-state index contributed by atoms with van der Waals surface area (Å²) in [6.45, 7) is 0. The van der Waals surface area contributed by atoms with Gasteiger partial charge in [-0.2, -0.15) is 0 Å². The fourth-order valence-corrected chi connectivity index (χ4v) is 2.95. The maximum atomic E-state index is 13.2. The minimum Gasteiger partial charge on any atom is -0.204 e. The highest BCUT2D eigenvalue weighted by atomic mass is 35.5. The van der Waals surface area contributed by atoms with Gasteiger partial charge in [0.2, 0.25) is 0 Å². The Morgan fingerprint density at radius 3 is 2.24 bits per heavy atom. The zero-order valence-electron chi connectivity index (χ0n) is 9.76. The van der Waals surface area contributed by atoms with E-state index in [0.29, 0.717) is 11.5 Å². The van der Waals surface area contributed by atoms with Crippen molar-refractivity contribution < 1.29 is 8.78 Å². The molecule has 0 radical (unpaired) electrons. The maximum Gasteiger partial charge on any atom is 0.159 e. The number of hydrogen-bond donors (Lipinski definition) is 0. The van der Waals surface area contributed by atoms with Gasteiger partial charge in [-0.3, -0.25) is 0 Å². The lowest BCUT2D eigenvalue weighted by molar-refractivity contribution is 0.441. The first kappa shape index (κ1) is 12.8. The molecular weight excluding hydrogens is 242 g/mol. The van der Waals surface area contributed by atoms with Crippen molar-refractivity contribution in [1.82, 2.24) is 0 Å². The molecule has 1 aliphatic rings. The molecule has 1 aromatic carbocycles. The molecule has 1 aromatic rings. The largest absolute Gasteiger partial charge is 0.204 e. The summed E-state index contributed by atoms with van der Waals surface area (Å²) in [6, 6.07) is 4.00. The third kappa shape index (κ3) is 3.19. The van der Waals surface area contributed by atoms with Crippen LogP contribution in [-0.4, -0.2) is 0 Å². The van der Waals surface area contributed by atoms with Crippen LogP contribution in [0.5, 0.6) is 0 Å². The molecular formula is C14H17ClF2. The summed E-state index contributed by atoms with van der Waals surface area (Å²) in [5, 5.41) is -0.191. The van der Waals surface area contributed by atoms with E-state index in [1.54, 1.807) is 6.07 Å². The first-order chi connectivity index (χ1) is 8.18. The molecule has 1 unspecified atom stereocenters. The summed E-state index contributed by atoms with van der Waals surface area (Å²) in [5.74, 6) is -1.22. The molecule has 0 amide bonds. The lowest BCUT2D eigenvalue weighted by Gasteiger charge is -2.20. The van der Waals surface area contributed by atoms with Crippen LogP contribution < -0.4 is 0 Å². The van der Waals surface area contributed by atoms with E-state index >= 15 is 0 Å². The van der Waals surface area contributed by atoms with E-state index in [1.807, 2.05) is 0 Å². The molecule has 1 atom stereocenters. The van der Waals surface area contributed by atoms with Crippen LogP contribution in [0.25, 0.3) is 0 Å². The van der Waals surface area contributed by atoms with Crippen molar-refractivity contribution in [1.29, 1.82) is 0 Å². The molecule has 1 saturated carbocycles. The van der Waals surface area contributed by atoms with Gasteiger partial charge >= 0.3 is 0 Å². The van der Waals surface area contributed by atoms with Gasteiger partial charge in [-0.25, -0.2) is 8.78 Å². The van der Waals surface area contributed by atoms with E-state index in [4.69, 9.17) is 11.6 Å². The smallest absolute Gasteiger partial charge is 0.159 e. The lowest BCUT2D eigenvalue weighted by Crippen LogP contribution is -2.07. The van der Waals surface area contributed by atoms with Crippen LogP contribution in [0, 0.1) is 17.6 Å². The maximum absolute atomic E-state index is 13.2. The highest BCUT2D eigenvalue weighted by Gasteiger charge is 2.23. The first-order valence-corrected chi connectivity index (χ1v) is 6.71. The summed E-state index contributed by atoms with van der Waals surface area (Å²) < 4.78 is 26.0. The average molecular weight is 259 g/mol. The van der Waals surface area contributed by atoms with Gasteiger partial charge in [0.25, 0.3) is 0 Å². The van der Waals surface area contributed by atoms with Gasteiger partial charge in [0.1, 0.15) is 0 Å². The van der Waals surface area contributed by atoms with Crippen molar-refractivity contribution in [2.24, 2.45) is 5.92 Å². The van der Waals surface area contributed by atoms with E-state index in [1.165, 1.54) is 31.7 Å². The fraction of sp³-hybridized carbons (Fsp3) is 0.571. The van der Waals surface area contributed by atoms with E-state index in [2.05, 4.69) is 0 Å². The van der Waals surface area contributed by atoms with E-state index in [-0.39, 0.29) is 5.38 Å². The monoisotopic (exact) mass is 258 g/mol. The Morgan fingerprint density at radius 1 is 1.00 bits per heavy atom. The standard InChI is InChI=1S/C14H17ClF2/c15-14(10-5-3-1-2-4-6-10)11-7-8-12(16)13(17)9-11/h7-10,14H,1-6H2. The van der Waals surface area contributed by atoms with Crippen LogP contribution in [0.1, 0.15) is 49.5 Å². The molecule has 0 heterocycles. The van der Waals surface area contributed by atoms with Gasteiger partial charge in [0.15, 0.2) is 11.6 Å². The zero-order valence-corrected chi connectivity index (χ0v) is 10.5. The van der Waals surface area contributed by atoms with Gasteiger partial charge in [-0.05, 0) is 36.5 Å². The molecule has 0 nitrogen and oxygen atoms in total. The molecule has 2 rings (SSSR count). The van der Waals surface area contributed by atoms with Crippen LogP contribution in [-0.2, 0) is 0 Å². The molecule has 1 aliphatic carbocycles. The second kappa shape index (κ2) is 5.81. The third-order valence-corrected chi connectivity index (χ3v) is 4.18. The average Bonchev–Trinajstić information content (AvgIpc) is 2.60. The Labute approximate surface area is 106 Å². The topological polar surface area (TPSA) is 0 Å². The third-order valence-electron chi connectivity index (χ3n) is 3.58. The van der Waals surface area contributed by atoms with Crippen molar-refractivity contribution in [3.8, 4) is 0 Å². The molecule has 0 spiro atoms. The molecule has 17 heavy (non-hydrogen) atoms. The molecule has 1 fully saturated rings. The van der Waals surface area contributed by atoms with E-state index in [0.717, 1.165) is 18.9 Å². The lowest BCUT2D eigenvalue weighted by atomic mass is 9.92. The van der Waals surface area contributed by atoms with Gasteiger partial charge < -0.3 is 0 Å². The summed E-state index contributed by atoms with van der Waals surface area (Å²) in [7, 11) is 0. The van der Waals surface area contributed by atoms with Gasteiger partial charge in [0.05, 0.1) is 5.38 Å². The zero-order chi connectivity index (χ0) is 12.3. The SMILES string of the molecule is Fc1ccc(C(Cl)C2CCCCCC2)cc1F. The quantitative estimate of drug-likeness (QED) is 0.504. The van der Waals surface area contributed by atoms with Crippen LogP contribution in [0.2, 0.25) is 0 Å². The molecule has 94 valence electrons. The van der Waals surface area contributed by atoms with Crippen LogP contribution in [0.15, 0.2) is 18.2 Å². The minimum absolute atomic E-state index is 0.191. The van der Waals surface area contributed by atoms with Gasteiger partial charge in [0, 0.05) is 0 Å². The number of halogens is 3. The Bertz CT molecular complexity index is 370. The van der Waals surface area contributed by atoms with Crippen LogP contribution in [0.4, 0.5) is 8.78 Å². The van der Waals surface area contributed by atoms with E-state index < -0.39 is 11.6 Å². The normalized spacial score (nSPS) is 19.9. The van der Waals surface area contributed by atoms with Crippen molar-refractivity contribution in [2.45, 2.75) is 43.9 Å².